The van der Waals surface area contributed by atoms with Crippen LogP contribution in [0, 0.1) is 11.3 Å². The molecule has 2 aromatic carbocycles. The molecule has 1 saturated heterocycles. The highest BCUT2D eigenvalue weighted by Gasteiger charge is 2.21. The number of fused-ring (bicyclic) bond motifs is 1. The Morgan fingerprint density at radius 1 is 0.893 bits per heavy atom. The Kier molecular flexibility index (Phi) is 5.73. The second-order valence-corrected chi connectivity index (χ2v) is 7.95. The van der Waals surface area contributed by atoms with Crippen molar-refractivity contribution in [2.45, 2.75) is 38.6 Å². The van der Waals surface area contributed by atoms with Gasteiger partial charge in [0.1, 0.15) is 0 Å². The number of piperazine rings is 1. The van der Waals surface area contributed by atoms with E-state index < -0.39 is 0 Å². The van der Waals surface area contributed by atoms with Crippen molar-refractivity contribution >= 4 is 5.91 Å². The number of hydrogen-bond donors (Lipinski definition) is 0. The van der Waals surface area contributed by atoms with E-state index in [0.717, 1.165) is 44.7 Å². The molecule has 1 fully saturated rings. The van der Waals surface area contributed by atoms with Crippen molar-refractivity contribution < 1.29 is 4.79 Å². The Bertz CT molecular complexity index is 874. The Hall–Kier alpha value is -2.64. The number of rotatable bonds is 4. The quantitative estimate of drug-likeness (QED) is 0.826. The monoisotopic (exact) mass is 373 g/mol. The van der Waals surface area contributed by atoms with Crippen molar-refractivity contribution in [3.8, 4) is 6.07 Å². The largest absolute Gasteiger partial charge is 0.340 e. The van der Waals surface area contributed by atoms with E-state index in [0.29, 0.717) is 12.0 Å². The summed E-state index contributed by atoms with van der Waals surface area (Å²) in [5.41, 5.74) is 5.99. The first-order valence-corrected chi connectivity index (χ1v) is 10.3. The fraction of sp³-hybridized carbons (Fsp3) is 0.417. The summed E-state index contributed by atoms with van der Waals surface area (Å²) in [5, 5.41) is 8.90. The highest BCUT2D eigenvalue weighted by atomic mass is 16.2. The van der Waals surface area contributed by atoms with Crippen molar-refractivity contribution in [3.05, 3.63) is 70.3 Å². The van der Waals surface area contributed by atoms with Crippen molar-refractivity contribution in [3.63, 3.8) is 0 Å². The second kappa shape index (κ2) is 8.58. The van der Waals surface area contributed by atoms with Gasteiger partial charge in [0, 0.05) is 32.7 Å². The van der Waals surface area contributed by atoms with Crippen molar-refractivity contribution in [1.82, 2.24) is 9.80 Å². The lowest BCUT2D eigenvalue weighted by molar-refractivity contribution is -0.132. The van der Waals surface area contributed by atoms with Crippen LogP contribution in [-0.4, -0.2) is 41.9 Å². The maximum atomic E-state index is 12.7. The number of nitrogens with zero attached hydrogens (tertiary/aromatic N) is 3. The van der Waals surface area contributed by atoms with Gasteiger partial charge in [-0.25, -0.2) is 0 Å². The minimum atomic E-state index is 0.244. The van der Waals surface area contributed by atoms with Gasteiger partial charge in [-0.15, -0.1) is 0 Å². The minimum Gasteiger partial charge on any atom is -0.340 e. The molecule has 0 aromatic heterocycles. The maximum absolute atomic E-state index is 12.7. The van der Waals surface area contributed by atoms with Crippen LogP contribution in [0.4, 0.5) is 0 Å². The molecule has 1 amide bonds. The molecule has 2 aliphatic rings. The first-order chi connectivity index (χ1) is 13.7. The average molecular weight is 374 g/mol. The molecule has 1 aliphatic heterocycles. The lowest BCUT2D eigenvalue weighted by Crippen LogP contribution is -2.48. The van der Waals surface area contributed by atoms with Crippen LogP contribution in [0.5, 0.6) is 0 Å². The number of nitriles is 1. The SMILES string of the molecule is N#Cc1ccc(CN2CCN(C(=O)Cc3ccc4c(c3)CCCC4)CC2)cc1. The summed E-state index contributed by atoms with van der Waals surface area (Å²) in [4.78, 5) is 17.1. The summed E-state index contributed by atoms with van der Waals surface area (Å²) >= 11 is 0. The van der Waals surface area contributed by atoms with Crippen LogP contribution in [0.25, 0.3) is 0 Å². The van der Waals surface area contributed by atoms with Gasteiger partial charge in [0.2, 0.25) is 5.91 Å². The zero-order valence-corrected chi connectivity index (χ0v) is 16.4. The molecular formula is C24H27N3O. The van der Waals surface area contributed by atoms with Crippen LogP contribution in [0.15, 0.2) is 42.5 Å². The molecule has 2 aromatic rings. The summed E-state index contributed by atoms with van der Waals surface area (Å²) in [6.07, 6.45) is 5.42. The third kappa shape index (κ3) is 4.43. The smallest absolute Gasteiger partial charge is 0.227 e. The number of hydrogen-bond acceptors (Lipinski definition) is 3. The van der Waals surface area contributed by atoms with Gasteiger partial charge in [-0.1, -0.05) is 30.3 Å². The van der Waals surface area contributed by atoms with E-state index in [1.54, 1.807) is 0 Å². The maximum Gasteiger partial charge on any atom is 0.227 e. The molecule has 0 saturated carbocycles. The van der Waals surface area contributed by atoms with Gasteiger partial charge in [-0.2, -0.15) is 5.26 Å². The molecule has 1 heterocycles. The van der Waals surface area contributed by atoms with Gasteiger partial charge in [-0.05, 0) is 60.1 Å². The molecule has 0 spiro atoms. The van der Waals surface area contributed by atoms with Crippen LogP contribution in [0.3, 0.4) is 0 Å². The minimum absolute atomic E-state index is 0.244. The number of carbonyl (C=O) groups excluding carboxylic acids is 1. The third-order valence-electron chi connectivity index (χ3n) is 5.98. The van der Waals surface area contributed by atoms with Gasteiger partial charge in [0.15, 0.2) is 0 Å². The summed E-state index contributed by atoms with van der Waals surface area (Å²) in [6, 6.07) is 16.6. The molecule has 0 unspecified atom stereocenters. The van der Waals surface area contributed by atoms with Gasteiger partial charge in [0.25, 0.3) is 0 Å². The molecule has 1 aliphatic carbocycles. The van der Waals surface area contributed by atoms with Gasteiger partial charge in [-0.3, -0.25) is 9.69 Å². The molecule has 4 heteroatoms. The first kappa shape index (κ1) is 18.7. The standard InChI is InChI=1S/C24H27N3O/c25-17-19-5-7-20(8-6-19)18-26-11-13-27(14-12-26)24(28)16-21-9-10-22-3-1-2-4-23(22)15-21/h5-10,15H,1-4,11-14,16,18H2. The number of amides is 1. The van der Waals surface area contributed by atoms with Crippen molar-refractivity contribution in [2.24, 2.45) is 0 Å². The average Bonchev–Trinajstić information content (AvgIpc) is 2.75. The van der Waals surface area contributed by atoms with Crippen LogP contribution in [0.1, 0.15) is 40.7 Å². The zero-order valence-electron chi connectivity index (χ0n) is 16.4. The molecule has 0 bridgehead atoms. The fourth-order valence-corrected chi connectivity index (χ4v) is 4.28. The van der Waals surface area contributed by atoms with E-state index in [2.05, 4.69) is 29.2 Å². The Morgan fingerprint density at radius 2 is 1.57 bits per heavy atom. The van der Waals surface area contributed by atoms with Crippen molar-refractivity contribution in [2.75, 3.05) is 26.2 Å². The fourth-order valence-electron chi connectivity index (χ4n) is 4.28. The number of carbonyl (C=O) groups is 1. The first-order valence-electron chi connectivity index (χ1n) is 10.3. The van der Waals surface area contributed by atoms with Crippen LogP contribution in [0.2, 0.25) is 0 Å². The summed E-state index contributed by atoms with van der Waals surface area (Å²) < 4.78 is 0. The zero-order chi connectivity index (χ0) is 19.3. The van der Waals surface area contributed by atoms with E-state index in [1.165, 1.54) is 36.0 Å². The molecule has 4 nitrogen and oxygen atoms in total. The van der Waals surface area contributed by atoms with E-state index in [4.69, 9.17) is 5.26 Å². The van der Waals surface area contributed by atoms with Crippen LogP contribution < -0.4 is 0 Å². The number of benzene rings is 2. The topological polar surface area (TPSA) is 47.3 Å². The Labute approximate surface area is 167 Å². The normalized spacial score (nSPS) is 17.0. The van der Waals surface area contributed by atoms with Crippen LogP contribution in [-0.2, 0) is 30.6 Å². The molecule has 0 N–H and O–H groups in total. The van der Waals surface area contributed by atoms with Gasteiger partial charge >= 0.3 is 0 Å². The van der Waals surface area contributed by atoms with E-state index in [1.807, 2.05) is 29.2 Å². The van der Waals surface area contributed by atoms with E-state index >= 15 is 0 Å². The molecule has 0 atom stereocenters. The Morgan fingerprint density at radius 3 is 2.29 bits per heavy atom. The highest BCUT2D eigenvalue weighted by molar-refractivity contribution is 5.79. The Balaban J connectivity index is 1.28. The molecule has 28 heavy (non-hydrogen) atoms. The summed E-state index contributed by atoms with van der Waals surface area (Å²) in [7, 11) is 0. The summed E-state index contributed by atoms with van der Waals surface area (Å²) in [5.74, 6) is 0.244. The highest BCUT2D eigenvalue weighted by Crippen LogP contribution is 2.22. The molecule has 0 radical (unpaired) electrons. The molecular weight excluding hydrogens is 346 g/mol. The van der Waals surface area contributed by atoms with E-state index in [-0.39, 0.29) is 5.91 Å². The van der Waals surface area contributed by atoms with E-state index in [9.17, 15) is 4.79 Å². The van der Waals surface area contributed by atoms with Gasteiger partial charge in [0.05, 0.1) is 18.1 Å². The molecule has 4 rings (SSSR count). The molecule has 144 valence electrons. The second-order valence-electron chi connectivity index (χ2n) is 7.95. The van der Waals surface area contributed by atoms with Crippen molar-refractivity contribution in [1.29, 1.82) is 5.26 Å². The predicted octanol–water partition coefficient (Wildman–Crippen LogP) is 3.32. The lowest BCUT2D eigenvalue weighted by atomic mass is 9.90. The predicted molar refractivity (Wildman–Crippen MR) is 110 cm³/mol. The number of aryl methyl sites for hydroxylation is 2. The lowest BCUT2D eigenvalue weighted by Gasteiger charge is -2.35. The third-order valence-corrected chi connectivity index (χ3v) is 5.98. The van der Waals surface area contributed by atoms with Crippen LogP contribution >= 0.6 is 0 Å². The summed E-state index contributed by atoms with van der Waals surface area (Å²) in [6.45, 7) is 4.25. The van der Waals surface area contributed by atoms with Gasteiger partial charge < -0.3 is 4.90 Å².